The van der Waals surface area contributed by atoms with Gasteiger partial charge in [-0.3, -0.25) is 4.79 Å². The maximum atomic E-state index is 10.9. The van der Waals surface area contributed by atoms with E-state index >= 15 is 0 Å². The molecule has 0 aliphatic rings. The van der Waals surface area contributed by atoms with Crippen molar-refractivity contribution in [1.29, 1.82) is 0 Å². The van der Waals surface area contributed by atoms with E-state index in [2.05, 4.69) is 15.5 Å². The van der Waals surface area contributed by atoms with Gasteiger partial charge in [0.2, 0.25) is 0 Å². The van der Waals surface area contributed by atoms with Gasteiger partial charge in [0.1, 0.15) is 5.69 Å². The van der Waals surface area contributed by atoms with Crippen LogP contribution in [0.5, 0.6) is 5.75 Å². The van der Waals surface area contributed by atoms with Crippen LogP contribution in [0.15, 0.2) is 18.2 Å². The van der Waals surface area contributed by atoms with Gasteiger partial charge in [-0.2, -0.15) is 4.68 Å². The average molecular weight is 218 g/mol. The van der Waals surface area contributed by atoms with Crippen LogP contribution in [0.1, 0.15) is 16.2 Å². The van der Waals surface area contributed by atoms with E-state index in [1.54, 1.807) is 25.1 Å². The molecule has 0 fully saturated rings. The molecule has 1 heterocycles. The van der Waals surface area contributed by atoms with Crippen molar-refractivity contribution in [2.45, 2.75) is 6.92 Å². The van der Waals surface area contributed by atoms with E-state index in [0.717, 1.165) is 6.29 Å². The lowest BCUT2D eigenvalue weighted by Gasteiger charge is -2.09. The van der Waals surface area contributed by atoms with Crippen molar-refractivity contribution in [2.24, 2.45) is 0 Å². The van der Waals surface area contributed by atoms with Crippen LogP contribution in [-0.2, 0) is 0 Å². The third-order valence-electron chi connectivity index (χ3n) is 2.21. The molecule has 1 aromatic carbocycles. The van der Waals surface area contributed by atoms with Crippen molar-refractivity contribution < 1.29 is 9.53 Å². The molecule has 16 heavy (non-hydrogen) atoms. The van der Waals surface area contributed by atoms with Crippen molar-refractivity contribution in [3.63, 3.8) is 0 Å². The van der Waals surface area contributed by atoms with Crippen LogP contribution in [0.2, 0.25) is 0 Å². The van der Waals surface area contributed by atoms with Gasteiger partial charge in [-0.15, -0.1) is 5.10 Å². The summed E-state index contributed by atoms with van der Waals surface area (Å²) in [4.78, 5) is 10.9. The van der Waals surface area contributed by atoms with Crippen LogP contribution in [0.25, 0.3) is 5.69 Å². The summed E-state index contributed by atoms with van der Waals surface area (Å²) in [5.41, 5.74) is 1.12. The first-order valence-electron chi connectivity index (χ1n) is 4.65. The van der Waals surface area contributed by atoms with Crippen LogP contribution >= 0.6 is 0 Å². The number of aryl methyl sites for hydroxylation is 1. The van der Waals surface area contributed by atoms with Crippen molar-refractivity contribution in [2.75, 3.05) is 7.11 Å². The van der Waals surface area contributed by atoms with Gasteiger partial charge in [-0.1, -0.05) is 6.07 Å². The lowest BCUT2D eigenvalue weighted by atomic mass is 10.2. The van der Waals surface area contributed by atoms with E-state index in [-0.39, 0.29) is 0 Å². The third-order valence-corrected chi connectivity index (χ3v) is 2.21. The van der Waals surface area contributed by atoms with E-state index in [1.807, 2.05) is 0 Å². The molecule has 6 nitrogen and oxygen atoms in total. The predicted molar refractivity (Wildman–Crippen MR) is 55.8 cm³/mol. The highest BCUT2D eigenvalue weighted by Gasteiger charge is 2.12. The zero-order valence-corrected chi connectivity index (χ0v) is 8.91. The number of carbonyl (C=O) groups excluding carboxylic acids is 1. The summed E-state index contributed by atoms with van der Waals surface area (Å²) in [6, 6.07) is 5.22. The summed E-state index contributed by atoms with van der Waals surface area (Å²) in [7, 11) is 1.51. The number of rotatable bonds is 3. The number of methoxy groups -OCH3 is 1. The molecule has 0 aliphatic carbocycles. The predicted octanol–water partition coefficient (Wildman–Crippen LogP) is 0.792. The maximum absolute atomic E-state index is 10.9. The number of benzene rings is 1. The Hall–Kier alpha value is -2.24. The van der Waals surface area contributed by atoms with Crippen LogP contribution < -0.4 is 4.74 Å². The van der Waals surface area contributed by atoms with Gasteiger partial charge in [-0.05, 0) is 29.5 Å². The number of ether oxygens (including phenoxy) is 1. The summed E-state index contributed by atoms with van der Waals surface area (Å²) in [6.07, 6.45) is 0.738. The third kappa shape index (κ3) is 1.54. The Balaban J connectivity index is 2.65. The lowest BCUT2D eigenvalue weighted by Crippen LogP contribution is -2.04. The molecule has 0 aliphatic heterocycles. The molecular formula is C10H10N4O2. The summed E-state index contributed by atoms with van der Waals surface area (Å²) < 4.78 is 6.72. The van der Waals surface area contributed by atoms with Crippen LogP contribution in [0.4, 0.5) is 0 Å². The number of aldehydes is 1. The number of para-hydroxylation sites is 1. The highest BCUT2D eigenvalue weighted by Crippen LogP contribution is 2.25. The van der Waals surface area contributed by atoms with E-state index in [9.17, 15) is 4.79 Å². The number of hydrogen-bond donors (Lipinski definition) is 0. The molecule has 0 spiro atoms. The average Bonchev–Trinajstić information content (AvgIpc) is 2.74. The second-order valence-electron chi connectivity index (χ2n) is 3.16. The molecule has 0 unspecified atom stereocenters. The fourth-order valence-corrected chi connectivity index (χ4v) is 1.48. The molecular weight excluding hydrogens is 208 g/mol. The number of aromatic nitrogens is 4. The standard InChI is InChI=1S/C10H10N4O2/c1-7-11-12-13-14(7)9-5-3-4-8(6-15)10(9)16-2/h3-6H,1-2H3. The Morgan fingerprint density at radius 2 is 2.25 bits per heavy atom. The summed E-state index contributed by atoms with van der Waals surface area (Å²) >= 11 is 0. The van der Waals surface area contributed by atoms with Crippen molar-refractivity contribution in [3.05, 3.63) is 29.6 Å². The fraction of sp³-hybridized carbons (Fsp3) is 0.200. The molecule has 0 atom stereocenters. The Morgan fingerprint density at radius 1 is 1.44 bits per heavy atom. The number of tetrazole rings is 1. The second-order valence-corrected chi connectivity index (χ2v) is 3.16. The molecule has 2 aromatic rings. The topological polar surface area (TPSA) is 69.9 Å². The van der Waals surface area contributed by atoms with Gasteiger partial charge in [0.05, 0.1) is 12.7 Å². The molecule has 2 rings (SSSR count). The first-order chi connectivity index (χ1) is 7.77. The van der Waals surface area contributed by atoms with Crippen molar-refractivity contribution in [1.82, 2.24) is 20.2 Å². The Bertz CT molecular complexity index is 521. The number of carbonyl (C=O) groups is 1. The zero-order valence-electron chi connectivity index (χ0n) is 8.91. The van der Waals surface area contributed by atoms with E-state index in [0.29, 0.717) is 22.8 Å². The first kappa shape index (κ1) is 10.3. The van der Waals surface area contributed by atoms with Crippen molar-refractivity contribution in [3.8, 4) is 11.4 Å². The molecule has 0 saturated heterocycles. The molecule has 6 heteroatoms. The molecule has 0 bridgehead atoms. The Morgan fingerprint density at radius 3 is 2.81 bits per heavy atom. The maximum Gasteiger partial charge on any atom is 0.155 e. The molecule has 0 N–H and O–H groups in total. The van der Waals surface area contributed by atoms with Gasteiger partial charge in [0, 0.05) is 0 Å². The van der Waals surface area contributed by atoms with Gasteiger partial charge in [0.25, 0.3) is 0 Å². The minimum atomic E-state index is 0.466. The van der Waals surface area contributed by atoms with Gasteiger partial charge in [0.15, 0.2) is 17.9 Å². The minimum absolute atomic E-state index is 0.466. The largest absolute Gasteiger partial charge is 0.494 e. The first-order valence-corrected chi connectivity index (χ1v) is 4.65. The SMILES string of the molecule is COc1c(C=O)cccc1-n1nnnc1C. The molecule has 1 aromatic heterocycles. The molecule has 0 radical (unpaired) electrons. The molecule has 0 saturated carbocycles. The monoisotopic (exact) mass is 218 g/mol. The fourth-order valence-electron chi connectivity index (χ4n) is 1.48. The van der Waals surface area contributed by atoms with Crippen molar-refractivity contribution >= 4 is 6.29 Å². The normalized spacial score (nSPS) is 10.1. The van der Waals surface area contributed by atoms with E-state index in [1.165, 1.54) is 11.8 Å². The Kier molecular flexibility index (Phi) is 2.63. The summed E-state index contributed by atoms with van der Waals surface area (Å²) in [5.74, 6) is 1.09. The van der Waals surface area contributed by atoms with E-state index < -0.39 is 0 Å². The van der Waals surface area contributed by atoms with Crippen LogP contribution in [0.3, 0.4) is 0 Å². The zero-order chi connectivity index (χ0) is 11.5. The number of nitrogens with zero attached hydrogens (tertiary/aromatic N) is 4. The quantitative estimate of drug-likeness (QED) is 0.712. The minimum Gasteiger partial charge on any atom is -0.494 e. The smallest absolute Gasteiger partial charge is 0.155 e. The molecule has 82 valence electrons. The number of hydrogen-bond acceptors (Lipinski definition) is 5. The molecule has 0 amide bonds. The van der Waals surface area contributed by atoms with Gasteiger partial charge >= 0.3 is 0 Å². The lowest BCUT2D eigenvalue weighted by molar-refractivity contribution is 0.112. The highest BCUT2D eigenvalue weighted by molar-refractivity contribution is 5.81. The summed E-state index contributed by atoms with van der Waals surface area (Å²) in [6.45, 7) is 1.77. The second kappa shape index (κ2) is 4.09. The van der Waals surface area contributed by atoms with Gasteiger partial charge < -0.3 is 4.74 Å². The highest BCUT2D eigenvalue weighted by atomic mass is 16.5. The van der Waals surface area contributed by atoms with Crippen LogP contribution in [0, 0.1) is 6.92 Å². The Labute approximate surface area is 91.8 Å². The van der Waals surface area contributed by atoms with Gasteiger partial charge in [-0.25, -0.2) is 0 Å². The van der Waals surface area contributed by atoms with Crippen LogP contribution in [-0.4, -0.2) is 33.6 Å². The summed E-state index contributed by atoms with van der Waals surface area (Å²) in [5, 5.41) is 11.2. The van der Waals surface area contributed by atoms with E-state index in [4.69, 9.17) is 4.74 Å².